The number of hydrogen-bond donors (Lipinski definition) is 0. The van der Waals surface area contributed by atoms with Gasteiger partial charge in [0.2, 0.25) is 0 Å². The van der Waals surface area contributed by atoms with Crippen molar-refractivity contribution in [3.8, 4) is 17.2 Å². The predicted molar refractivity (Wildman–Crippen MR) is 108 cm³/mol. The summed E-state index contributed by atoms with van der Waals surface area (Å²) in [6.07, 6.45) is 0. The van der Waals surface area contributed by atoms with E-state index in [2.05, 4.69) is 4.90 Å². The average Bonchev–Trinajstić information content (AvgIpc) is 2.75. The first-order valence-corrected chi connectivity index (χ1v) is 9.71. The van der Waals surface area contributed by atoms with Crippen LogP contribution >= 0.6 is 0 Å². The lowest BCUT2D eigenvalue weighted by atomic mass is 10.1. The standard InChI is InChI=1S/C22H28N2O4/c1-3-27-21-17-18(9-10-20(21)26-2)22(25)24-13-11-23(12-14-24)15-16-28-19-7-5-4-6-8-19/h4-10,17H,3,11-16H2,1-2H3. The van der Waals surface area contributed by atoms with Crippen LogP contribution in [-0.2, 0) is 0 Å². The minimum absolute atomic E-state index is 0.0313. The number of nitrogens with zero attached hydrogens (tertiary/aromatic N) is 2. The molecule has 6 heteroatoms. The van der Waals surface area contributed by atoms with Crippen LogP contribution < -0.4 is 14.2 Å². The summed E-state index contributed by atoms with van der Waals surface area (Å²) in [6, 6.07) is 15.2. The predicted octanol–water partition coefficient (Wildman–Crippen LogP) is 2.93. The second kappa shape index (κ2) is 9.99. The third kappa shape index (κ3) is 5.16. The van der Waals surface area contributed by atoms with Gasteiger partial charge in [-0.3, -0.25) is 9.69 Å². The Balaban J connectivity index is 1.49. The van der Waals surface area contributed by atoms with Crippen LogP contribution in [0.1, 0.15) is 17.3 Å². The molecule has 0 unspecified atom stereocenters. The maximum absolute atomic E-state index is 12.8. The highest BCUT2D eigenvalue weighted by atomic mass is 16.5. The van der Waals surface area contributed by atoms with Crippen molar-refractivity contribution in [1.29, 1.82) is 0 Å². The fourth-order valence-corrected chi connectivity index (χ4v) is 3.24. The number of ether oxygens (including phenoxy) is 3. The van der Waals surface area contributed by atoms with Crippen molar-refractivity contribution >= 4 is 5.91 Å². The van der Waals surface area contributed by atoms with Gasteiger partial charge in [0.15, 0.2) is 11.5 Å². The van der Waals surface area contributed by atoms with Crippen molar-refractivity contribution in [1.82, 2.24) is 9.80 Å². The van der Waals surface area contributed by atoms with Crippen molar-refractivity contribution in [2.24, 2.45) is 0 Å². The van der Waals surface area contributed by atoms with Gasteiger partial charge in [-0.25, -0.2) is 0 Å². The molecule has 2 aromatic rings. The lowest BCUT2D eigenvalue weighted by Gasteiger charge is -2.34. The lowest BCUT2D eigenvalue weighted by Crippen LogP contribution is -2.49. The second-order valence-electron chi connectivity index (χ2n) is 6.59. The summed E-state index contributed by atoms with van der Waals surface area (Å²) in [7, 11) is 1.60. The van der Waals surface area contributed by atoms with E-state index in [1.54, 1.807) is 25.3 Å². The van der Waals surface area contributed by atoms with E-state index in [0.29, 0.717) is 43.4 Å². The summed E-state index contributed by atoms with van der Waals surface area (Å²) in [5.74, 6) is 2.17. The van der Waals surface area contributed by atoms with Gasteiger partial charge in [-0.15, -0.1) is 0 Å². The minimum Gasteiger partial charge on any atom is -0.493 e. The number of para-hydroxylation sites is 1. The summed E-state index contributed by atoms with van der Waals surface area (Å²) in [5, 5.41) is 0. The van der Waals surface area contributed by atoms with Crippen LogP contribution in [0, 0.1) is 0 Å². The number of carbonyl (C=O) groups is 1. The molecule has 1 saturated heterocycles. The first kappa shape index (κ1) is 20.0. The van der Waals surface area contributed by atoms with Gasteiger partial charge in [-0.1, -0.05) is 18.2 Å². The molecule has 1 fully saturated rings. The van der Waals surface area contributed by atoms with E-state index in [4.69, 9.17) is 14.2 Å². The molecule has 2 aromatic carbocycles. The van der Waals surface area contributed by atoms with Crippen molar-refractivity contribution < 1.29 is 19.0 Å². The Kier molecular flexibility index (Phi) is 7.14. The minimum atomic E-state index is 0.0313. The Bertz CT molecular complexity index is 758. The zero-order valence-electron chi connectivity index (χ0n) is 16.6. The zero-order valence-corrected chi connectivity index (χ0v) is 16.6. The van der Waals surface area contributed by atoms with E-state index in [-0.39, 0.29) is 5.91 Å². The van der Waals surface area contributed by atoms with Crippen LogP contribution in [0.5, 0.6) is 17.2 Å². The molecule has 0 bridgehead atoms. The van der Waals surface area contributed by atoms with E-state index in [9.17, 15) is 4.79 Å². The Morgan fingerprint density at radius 1 is 0.964 bits per heavy atom. The topological polar surface area (TPSA) is 51.2 Å². The van der Waals surface area contributed by atoms with Gasteiger partial charge in [0.1, 0.15) is 12.4 Å². The van der Waals surface area contributed by atoms with Gasteiger partial charge in [-0.2, -0.15) is 0 Å². The molecule has 3 rings (SSSR count). The van der Waals surface area contributed by atoms with Gasteiger partial charge in [0, 0.05) is 38.3 Å². The fraction of sp³-hybridized carbons (Fsp3) is 0.409. The van der Waals surface area contributed by atoms with E-state index in [1.807, 2.05) is 42.2 Å². The van der Waals surface area contributed by atoms with E-state index in [0.717, 1.165) is 25.4 Å². The molecular formula is C22H28N2O4. The molecule has 1 aliphatic rings. The maximum atomic E-state index is 12.8. The quantitative estimate of drug-likeness (QED) is 0.700. The molecule has 1 amide bonds. The number of carbonyl (C=O) groups excluding carboxylic acids is 1. The highest BCUT2D eigenvalue weighted by Crippen LogP contribution is 2.28. The van der Waals surface area contributed by atoms with Crippen LogP contribution in [0.15, 0.2) is 48.5 Å². The first-order valence-electron chi connectivity index (χ1n) is 9.71. The summed E-state index contributed by atoms with van der Waals surface area (Å²) in [5.41, 5.74) is 0.630. The van der Waals surface area contributed by atoms with Gasteiger partial charge < -0.3 is 19.1 Å². The number of amides is 1. The van der Waals surface area contributed by atoms with Crippen LogP contribution in [0.2, 0.25) is 0 Å². The van der Waals surface area contributed by atoms with E-state index in [1.165, 1.54) is 0 Å². The third-order valence-corrected chi connectivity index (χ3v) is 4.79. The van der Waals surface area contributed by atoms with Crippen LogP contribution in [0.25, 0.3) is 0 Å². The Morgan fingerprint density at radius 3 is 2.39 bits per heavy atom. The van der Waals surface area contributed by atoms with Crippen molar-refractivity contribution in [3.63, 3.8) is 0 Å². The number of rotatable bonds is 8. The normalized spacial score (nSPS) is 14.6. The molecule has 0 spiro atoms. The summed E-state index contributed by atoms with van der Waals surface area (Å²) < 4.78 is 16.6. The van der Waals surface area contributed by atoms with Crippen molar-refractivity contribution in [2.45, 2.75) is 6.92 Å². The molecule has 1 heterocycles. The molecule has 1 aliphatic heterocycles. The number of benzene rings is 2. The van der Waals surface area contributed by atoms with Gasteiger partial charge in [0.25, 0.3) is 5.91 Å². The lowest BCUT2D eigenvalue weighted by molar-refractivity contribution is 0.0620. The molecule has 0 aliphatic carbocycles. The monoisotopic (exact) mass is 384 g/mol. The number of methoxy groups -OCH3 is 1. The number of hydrogen-bond acceptors (Lipinski definition) is 5. The molecule has 28 heavy (non-hydrogen) atoms. The van der Waals surface area contributed by atoms with E-state index >= 15 is 0 Å². The fourth-order valence-electron chi connectivity index (χ4n) is 3.24. The van der Waals surface area contributed by atoms with Gasteiger partial charge in [-0.05, 0) is 37.3 Å². The third-order valence-electron chi connectivity index (χ3n) is 4.79. The summed E-state index contributed by atoms with van der Waals surface area (Å²) >= 11 is 0. The Hall–Kier alpha value is -2.73. The molecular weight excluding hydrogens is 356 g/mol. The number of piperazine rings is 1. The van der Waals surface area contributed by atoms with E-state index < -0.39 is 0 Å². The molecule has 0 radical (unpaired) electrons. The first-order chi connectivity index (χ1) is 13.7. The van der Waals surface area contributed by atoms with Crippen LogP contribution in [-0.4, -0.2) is 68.8 Å². The van der Waals surface area contributed by atoms with Crippen molar-refractivity contribution in [3.05, 3.63) is 54.1 Å². The maximum Gasteiger partial charge on any atom is 0.254 e. The molecule has 0 aromatic heterocycles. The highest BCUT2D eigenvalue weighted by Gasteiger charge is 2.23. The molecule has 0 N–H and O–H groups in total. The SMILES string of the molecule is CCOc1cc(C(=O)N2CCN(CCOc3ccccc3)CC2)ccc1OC. The Morgan fingerprint density at radius 2 is 1.71 bits per heavy atom. The van der Waals surface area contributed by atoms with Gasteiger partial charge in [0.05, 0.1) is 13.7 Å². The largest absolute Gasteiger partial charge is 0.493 e. The van der Waals surface area contributed by atoms with Crippen LogP contribution in [0.3, 0.4) is 0 Å². The smallest absolute Gasteiger partial charge is 0.254 e. The summed E-state index contributed by atoms with van der Waals surface area (Å²) in [4.78, 5) is 17.1. The highest BCUT2D eigenvalue weighted by molar-refractivity contribution is 5.95. The molecule has 6 nitrogen and oxygen atoms in total. The second-order valence-corrected chi connectivity index (χ2v) is 6.59. The Labute approximate surface area is 166 Å². The zero-order chi connectivity index (χ0) is 19.8. The van der Waals surface area contributed by atoms with Crippen molar-refractivity contribution in [2.75, 3.05) is 53.0 Å². The molecule has 0 saturated carbocycles. The van der Waals surface area contributed by atoms with Crippen LogP contribution in [0.4, 0.5) is 0 Å². The van der Waals surface area contributed by atoms with Gasteiger partial charge >= 0.3 is 0 Å². The summed E-state index contributed by atoms with van der Waals surface area (Å²) in [6.45, 7) is 7.05. The molecule has 0 atom stereocenters. The molecule has 150 valence electrons. The average molecular weight is 384 g/mol.